The van der Waals surface area contributed by atoms with E-state index in [1.54, 1.807) is 0 Å². The second-order valence-corrected chi connectivity index (χ2v) is 12.5. The number of Topliss-reactive ketones (excluding diaryl/α,β-unsaturated/α-hetero) is 1. The van der Waals surface area contributed by atoms with Crippen LogP contribution in [0.3, 0.4) is 0 Å². The smallest absolute Gasteiger partial charge is 0.281 e. The quantitative estimate of drug-likeness (QED) is 0.507. The summed E-state index contributed by atoms with van der Waals surface area (Å²) >= 11 is 0. The van der Waals surface area contributed by atoms with E-state index in [9.17, 15) is 9.59 Å². The van der Waals surface area contributed by atoms with Crippen LogP contribution in [0, 0.1) is 17.3 Å². The van der Waals surface area contributed by atoms with Gasteiger partial charge in [0.2, 0.25) is 0 Å². The van der Waals surface area contributed by atoms with Crippen LogP contribution in [0.25, 0.3) is 0 Å². The maximum absolute atomic E-state index is 13.8. The molecule has 0 N–H and O–H groups in total. The second-order valence-electron chi connectivity index (χ2n) is 12.5. The third-order valence-corrected chi connectivity index (χ3v) is 10.3. The van der Waals surface area contributed by atoms with Gasteiger partial charge in [-0.05, 0) is 92.2 Å². The van der Waals surface area contributed by atoms with Gasteiger partial charge in [-0.25, -0.2) is 0 Å². The number of allylic oxidation sites excluding steroid dienone is 4. The molecule has 38 heavy (non-hydrogen) atoms. The first kappa shape index (κ1) is 26.0. The fraction of sp³-hybridized carbons (Fsp3) is 0.625. The number of anilines is 1. The van der Waals surface area contributed by atoms with Crippen LogP contribution >= 0.6 is 0 Å². The summed E-state index contributed by atoms with van der Waals surface area (Å²) in [6.45, 7) is 6.52. The van der Waals surface area contributed by atoms with Gasteiger partial charge in [0.25, 0.3) is 5.97 Å². The van der Waals surface area contributed by atoms with Crippen LogP contribution in [0.4, 0.5) is 5.69 Å². The summed E-state index contributed by atoms with van der Waals surface area (Å²) in [5, 5.41) is 0. The number of nitrogens with zero attached hydrogens (tertiary/aromatic N) is 1. The number of ketones is 2. The Morgan fingerprint density at radius 1 is 1.05 bits per heavy atom. The molecule has 0 aromatic heterocycles. The van der Waals surface area contributed by atoms with Crippen LogP contribution in [-0.2, 0) is 23.8 Å². The molecule has 3 unspecified atom stereocenters. The first-order valence-corrected chi connectivity index (χ1v) is 14.4. The predicted molar refractivity (Wildman–Crippen MR) is 146 cm³/mol. The lowest BCUT2D eigenvalue weighted by atomic mass is 9.50. The van der Waals surface area contributed by atoms with Crippen LogP contribution in [0.2, 0.25) is 0 Å². The average Bonchev–Trinajstić information content (AvgIpc) is 3.18. The van der Waals surface area contributed by atoms with Gasteiger partial charge < -0.3 is 19.1 Å². The maximum Gasteiger partial charge on any atom is 0.281 e. The van der Waals surface area contributed by atoms with Crippen molar-refractivity contribution in [3.8, 4) is 0 Å². The molecular weight excluding hydrogens is 478 g/mol. The van der Waals surface area contributed by atoms with Gasteiger partial charge in [0.15, 0.2) is 11.6 Å². The SMILES string of the molecule is CCOC1(C)OCC(=O)[C@]2(CCC3C4CCC5=CC(=O)CCC5=C4[C@@H](c4ccc(N(C)C)cc4)C[C@@]32C)O1. The number of ether oxygens (including phenoxy) is 3. The highest BCUT2D eigenvalue weighted by molar-refractivity contribution is 5.93. The molecule has 1 spiro atoms. The van der Waals surface area contributed by atoms with Crippen molar-refractivity contribution in [1.29, 1.82) is 0 Å². The minimum absolute atomic E-state index is 0.0224. The van der Waals surface area contributed by atoms with Crippen molar-refractivity contribution in [2.75, 3.05) is 32.2 Å². The summed E-state index contributed by atoms with van der Waals surface area (Å²) in [6, 6.07) is 8.92. The third-order valence-electron chi connectivity index (χ3n) is 10.3. The fourth-order valence-corrected chi connectivity index (χ4v) is 8.63. The highest BCUT2D eigenvalue weighted by atomic mass is 16.9. The number of hydrogen-bond acceptors (Lipinski definition) is 6. The summed E-state index contributed by atoms with van der Waals surface area (Å²) in [6.07, 6.45) is 7.80. The molecule has 4 aliphatic carbocycles. The van der Waals surface area contributed by atoms with E-state index in [1.165, 1.54) is 28.0 Å². The van der Waals surface area contributed by atoms with Gasteiger partial charge in [-0.2, -0.15) is 0 Å². The first-order chi connectivity index (χ1) is 18.1. The van der Waals surface area contributed by atoms with Gasteiger partial charge in [0.05, 0.1) is 0 Å². The van der Waals surface area contributed by atoms with E-state index < -0.39 is 11.6 Å². The Morgan fingerprint density at radius 2 is 1.82 bits per heavy atom. The molecule has 204 valence electrons. The van der Waals surface area contributed by atoms with E-state index in [-0.39, 0.29) is 29.5 Å². The molecule has 0 radical (unpaired) electrons. The maximum atomic E-state index is 13.8. The summed E-state index contributed by atoms with van der Waals surface area (Å²) in [7, 11) is 4.12. The van der Waals surface area contributed by atoms with Crippen LogP contribution in [0.5, 0.6) is 0 Å². The minimum Gasteiger partial charge on any atom is -0.378 e. The van der Waals surface area contributed by atoms with Crippen molar-refractivity contribution < 1.29 is 23.8 Å². The molecule has 6 rings (SSSR count). The Morgan fingerprint density at radius 3 is 2.53 bits per heavy atom. The molecule has 6 nitrogen and oxygen atoms in total. The van der Waals surface area contributed by atoms with Crippen molar-refractivity contribution in [3.05, 3.63) is 52.6 Å². The number of carbonyl (C=O) groups excluding carboxylic acids is 2. The zero-order valence-electron chi connectivity index (χ0n) is 23.5. The van der Waals surface area contributed by atoms with Crippen molar-refractivity contribution in [2.24, 2.45) is 17.3 Å². The number of rotatable bonds is 4. The van der Waals surface area contributed by atoms with Gasteiger partial charge in [-0.1, -0.05) is 24.6 Å². The highest BCUT2D eigenvalue weighted by Crippen LogP contribution is 2.68. The summed E-state index contributed by atoms with van der Waals surface area (Å²) in [4.78, 5) is 28.2. The Hall–Kier alpha value is -2.28. The van der Waals surface area contributed by atoms with Crippen molar-refractivity contribution >= 4 is 17.3 Å². The number of hydrogen-bond donors (Lipinski definition) is 0. The lowest BCUT2D eigenvalue weighted by Gasteiger charge is -2.57. The summed E-state index contributed by atoms with van der Waals surface area (Å²) in [5.74, 6) is -0.00593. The molecule has 6 heteroatoms. The standard InChI is InChI=1S/C32H41NO5/c1-6-36-31(3)37-19-28(35)32(38-31)16-15-27-25-13-9-21-17-23(34)12-14-24(21)29(25)26(18-30(27,32)2)20-7-10-22(11-8-20)33(4)5/h7-8,10-11,17,25-27H,6,9,12-16,18-19H2,1-5H3/t25?,26-,27?,30+,31?,32+/m1/s1. The fourth-order valence-electron chi connectivity index (χ4n) is 8.63. The Balaban J connectivity index is 1.49. The molecule has 1 aromatic rings. The van der Waals surface area contributed by atoms with Crippen molar-refractivity contribution in [2.45, 2.75) is 83.2 Å². The van der Waals surface area contributed by atoms with E-state index >= 15 is 0 Å². The summed E-state index contributed by atoms with van der Waals surface area (Å²) < 4.78 is 18.4. The molecule has 0 bridgehead atoms. The zero-order valence-corrected chi connectivity index (χ0v) is 23.5. The van der Waals surface area contributed by atoms with Crippen LogP contribution in [0.1, 0.15) is 77.2 Å². The van der Waals surface area contributed by atoms with E-state index in [0.717, 1.165) is 32.1 Å². The number of carbonyl (C=O) groups is 2. The molecule has 5 aliphatic rings. The lowest BCUT2D eigenvalue weighted by molar-refractivity contribution is -0.419. The largest absolute Gasteiger partial charge is 0.378 e. The van der Waals surface area contributed by atoms with E-state index in [0.29, 0.717) is 31.3 Å². The minimum atomic E-state index is -1.21. The molecule has 1 saturated heterocycles. The van der Waals surface area contributed by atoms with E-state index in [1.807, 2.05) is 19.9 Å². The number of fused-ring (bicyclic) bond motifs is 5. The normalized spacial score (nSPS) is 38.6. The van der Waals surface area contributed by atoms with E-state index in [2.05, 4.69) is 50.2 Å². The zero-order chi connectivity index (χ0) is 26.9. The second kappa shape index (κ2) is 9.14. The first-order valence-electron chi connectivity index (χ1n) is 14.4. The van der Waals surface area contributed by atoms with Gasteiger partial charge in [0, 0.05) is 51.1 Å². The van der Waals surface area contributed by atoms with Crippen molar-refractivity contribution in [3.63, 3.8) is 0 Å². The molecular formula is C32H41NO5. The Labute approximate surface area is 226 Å². The lowest BCUT2D eigenvalue weighted by Crippen LogP contribution is -2.65. The van der Waals surface area contributed by atoms with Gasteiger partial charge in [-0.3, -0.25) is 9.59 Å². The highest BCUT2D eigenvalue weighted by Gasteiger charge is 2.69. The Kier molecular flexibility index (Phi) is 6.25. The molecule has 6 atom stereocenters. The van der Waals surface area contributed by atoms with Gasteiger partial charge >= 0.3 is 0 Å². The topological polar surface area (TPSA) is 65.1 Å². The monoisotopic (exact) mass is 519 g/mol. The summed E-state index contributed by atoms with van der Waals surface area (Å²) in [5.41, 5.74) is 5.39. The van der Waals surface area contributed by atoms with Crippen LogP contribution < -0.4 is 4.90 Å². The number of benzene rings is 1. The molecule has 3 fully saturated rings. The van der Waals surface area contributed by atoms with Crippen LogP contribution in [0.15, 0.2) is 47.1 Å². The molecule has 1 aliphatic heterocycles. The third kappa shape index (κ3) is 3.78. The predicted octanol–water partition coefficient (Wildman–Crippen LogP) is 5.72. The Bertz CT molecular complexity index is 1210. The molecule has 0 amide bonds. The molecule has 1 aromatic carbocycles. The van der Waals surface area contributed by atoms with Gasteiger partial charge in [-0.15, -0.1) is 0 Å². The van der Waals surface area contributed by atoms with Crippen LogP contribution in [-0.4, -0.2) is 50.4 Å². The van der Waals surface area contributed by atoms with E-state index in [4.69, 9.17) is 14.2 Å². The average molecular weight is 520 g/mol. The molecule has 2 saturated carbocycles. The van der Waals surface area contributed by atoms with Crippen molar-refractivity contribution in [1.82, 2.24) is 0 Å². The van der Waals surface area contributed by atoms with Gasteiger partial charge in [0.1, 0.15) is 12.2 Å². The molecule has 1 heterocycles.